The maximum absolute atomic E-state index is 12.1. The fraction of sp³-hybridized carbons (Fsp3) is 0.333. The maximum atomic E-state index is 12.1. The van der Waals surface area contributed by atoms with Crippen molar-refractivity contribution in [1.29, 1.82) is 5.26 Å². The molecule has 1 N–H and O–H groups in total. The Bertz CT molecular complexity index is 759. The maximum Gasteiger partial charge on any atom is 0.220 e. The molecule has 0 unspecified atom stereocenters. The first kappa shape index (κ1) is 17.8. The van der Waals surface area contributed by atoms with E-state index < -0.39 is 5.92 Å². The number of amides is 1. The first-order chi connectivity index (χ1) is 11.5. The number of Topliss-reactive ketones (excluding diaryl/α,β-unsaturated/α-hetero) is 1. The molecular formula is C18H19N3O2S. The van der Waals surface area contributed by atoms with Crippen molar-refractivity contribution < 1.29 is 9.59 Å². The van der Waals surface area contributed by atoms with Crippen molar-refractivity contribution in [2.45, 2.75) is 32.6 Å². The van der Waals surface area contributed by atoms with Crippen LogP contribution < -0.4 is 5.32 Å². The molecule has 0 radical (unpaired) electrons. The zero-order valence-electron chi connectivity index (χ0n) is 13.7. The summed E-state index contributed by atoms with van der Waals surface area (Å²) in [6.07, 6.45) is 0.928. The van der Waals surface area contributed by atoms with E-state index in [9.17, 15) is 14.9 Å². The zero-order chi connectivity index (χ0) is 17.5. The van der Waals surface area contributed by atoms with Gasteiger partial charge in [0.1, 0.15) is 5.01 Å². The molecule has 0 saturated heterocycles. The minimum atomic E-state index is -0.916. The molecule has 0 saturated carbocycles. The lowest BCUT2D eigenvalue weighted by atomic mass is 10.1. The van der Waals surface area contributed by atoms with Crippen LogP contribution >= 0.6 is 11.3 Å². The number of ketones is 1. The molecule has 0 spiro atoms. The molecule has 0 bridgehead atoms. The van der Waals surface area contributed by atoms with E-state index in [1.165, 1.54) is 16.9 Å². The van der Waals surface area contributed by atoms with Gasteiger partial charge in [0.15, 0.2) is 11.7 Å². The van der Waals surface area contributed by atoms with Gasteiger partial charge in [0.25, 0.3) is 0 Å². The largest absolute Gasteiger partial charge is 0.349 e. The summed E-state index contributed by atoms with van der Waals surface area (Å²) >= 11 is 1.29. The number of rotatable bonds is 7. The van der Waals surface area contributed by atoms with Gasteiger partial charge in [-0.05, 0) is 25.8 Å². The normalized spacial score (nSPS) is 11.5. The molecule has 1 heterocycles. The molecule has 2 aromatic rings. The van der Waals surface area contributed by atoms with Crippen LogP contribution in [0.5, 0.6) is 0 Å². The van der Waals surface area contributed by atoms with Crippen LogP contribution in [0.15, 0.2) is 29.6 Å². The fourth-order valence-electron chi connectivity index (χ4n) is 2.16. The molecule has 6 heteroatoms. The zero-order valence-corrected chi connectivity index (χ0v) is 14.5. The monoisotopic (exact) mass is 341 g/mol. The van der Waals surface area contributed by atoms with Gasteiger partial charge in [0.2, 0.25) is 5.91 Å². The van der Waals surface area contributed by atoms with Crippen LogP contribution in [0, 0.1) is 25.2 Å². The molecule has 1 aromatic carbocycles. The highest BCUT2D eigenvalue weighted by Crippen LogP contribution is 2.20. The molecule has 0 aliphatic carbocycles. The summed E-state index contributed by atoms with van der Waals surface area (Å²) in [6, 6.07) is 9.95. The van der Waals surface area contributed by atoms with Crippen molar-refractivity contribution in [1.82, 2.24) is 10.3 Å². The lowest BCUT2D eigenvalue weighted by molar-refractivity contribution is -0.125. The van der Waals surface area contributed by atoms with E-state index in [-0.39, 0.29) is 18.2 Å². The summed E-state index contributed by atoms with van der Waals surface area (Å²) in [5.74, 6) is -1.45. The molecule has 1 atom stereocenters. The van der Waals surface area contributed by atoms with Crippen LogP contribution in [0.4, 0.5) is 0 Å². The summed E-state index contributed by atoms with van der Waals surface area (Å²) < 4.78 is 0. The third kappa shape index (κ3) is 5.00. The first-order valence-electron chi connectivity index (χ1n) is 7.66. The second-order valence-electron chi connectivity index (χ2n) is 5.62. The smallest absolute Gasteiger partial charge is 0.220 e. The Hall–Kier alpha value is -2.52. The third-order valence-corrected chi connectivity index (χ3v) is 4.58. The van der Waals surface area contributed by atoms with E-state index in [1.807, 2.05) is 44.2 Å². The number of carbonyl (C=O) groups is 2. The van der Waals surface area contributed by atoms with Gasteiger partial charge in [0, 0.05) is 17.5 Å². The summed E-state index contributed by atoms with van der Waals surface area (Å²) in [5, 5.41) is 14.1. The third-order valence-electron chi connectivity index (χ3n) is 3.56. The molecule has 5 nitrogen and oxygen atoms in total. The SMILES string of the molecule is Cc1ccc(CCC(=O)NCC(=O)[C@@H](C#N)c2nc(C)cs2)cc1. The number of thiazole rings is 1. The van der Waals surface area contributed by atoms with Gasteiger partial charge >= 0.3 is 0 Å². The highest BCUT2D eigenvalue weighted by atomic mass is 32.1. The predicted molar refractivity (Wildman–Crippen MR) is 92.7 cm³/mol. The Morgan fingerprint density at radius 1 is 1.29 bits per heavy atom. The van der Waals surface area contributed by atoms with Gasteiger partial charge in [-0.3, -0.25) is 9.59 Å². The summed E-state index contributed by atoms with van der Waals surface area (Å²) in [4.78, 5) is 28.2. The number of benzene rings is 1. The van der Waals surface area contributed by atoms with Crippen molar-refractivity contribution >= 4 is 23.0 Å². The number of hydrogen-bond acceptors (Lipinski definition) is 5. The van der Waals surface area contributed by atoms with Crippen molar-refractivity contribution in [2.24, 2.45) is 0 Å². The van der Waals surface area contributed by atoms with Crippen LogP contribution in [-0.4, -0.2) is 23.2 Å². The average molecular weight is 341 g/mol. The molecule has 24 heavy (non-hydrogen) atoms. The molecule has 0 aliphatic rings. The van der Waals surface area contributed by atoms with Crippen LogP contribution in [0.2, 0.25) is 0 Å². The first-order valence-corrected chi connectivity index (χ1v) is 8.54. The minimum absolute atomic E-state index is 0.149. The summed E-state index contributed by atoms with van der Waals surface area (Å²) in [5.41, 5.74) is 3.04. The van der Waals surface area contributed by atoms with E-state index in [1.54, 1.807) is 5.38 Å². The Labute approximate surface area is 145 Å². The van der Waals surface area contributed by atoms with Crippen molar-refractivity contribution in [3.63, 3.8) is 0 Å². The van der Waals surface area contributed by atoms with Gasteiger partial charge in [-0.1, -0.05) is 29.8 Å². The van der Waals surface area contributed by atoms with Gasteiger partial charge in [-0.25, -0.2) is 4.98 Å². The molecule has 0 aliphatic heterocycles. The van der Waals surface area contributed by atoms with Gasteiger partial charge in [-0.15, -0.1) is 11.3 Å². The van der Waals surface area contributed by atoms with E-state index in [2.05, 4.69) is 10.3 Å². The highest BCUT2D eigenvalue weighted by Gasteiger charge is 2.23. The number of aryl methyl sites for hydroxylation is 3. The van der Waals surface area contributed by atoms with Crippen LogP contribution in [0.25, 0.3) is 0 Å². The summed E-state index contributed by atoms with van der Waals surface area (Å²) in [6.45, 7) is 3.67. The van der Waals surface area contributed by atoms with E-state index in [0.29, 0.717) is 17.8 Å². The van der Waals surface area contributed by atoms with Gasteiger partial charge in [-0.2, -0.15) is 5.26 Å². The Kier molecular flexibility index (Phi) is 6.21. The molecular weight excluding hydrogens is 322 g/mol. The fourth-order valence-corrected chi connectivity index (χ4v) is 3.02. The number of aromatic nitrogens is 1. The molecule has 0 fully saturated rings. The quantitative estimate of drug-likeness (QED) is 0.839. The standard InChI is InChI=1S/C18H19N3O2S/c1-12-3-5-14(6-4-12)7-8-17(23)20-10-16(22)15(9-19)18-21-13(2)11-24-18/h3-6,11,15H,7-8,10H2,1-2H3,(H,20,23)/t15-/m1/s1. The van der Waals surface area contributed by atoms with Crippen molar-refractivity contribution in [3.8, 4) is 6.07 Å². The lowest BCUT2D eigenvalue weighted by Gasteiger charge is -2.07. The number of nitrogens with zero attached hydrogens (tertiary/aromatic N) is 2. The molecule has 1 amide bonds. The average Bonchev–Trinajstić information content (AvgIpc) is 2.99. The Balaban J connectivity index is 1.81. The van der Waals surface area contributed by atoms with E-state index in [4.69, 9.17) is 0 Å². The Morgan fingerprint density at radius 3 is 2.58 bits per heavy atom. The molecule has 1 aromatic heterocycles. The summed E-state index contributed by atoms with van der Waals surface area (Å²) in [7, 11) is 0. The van der Waals surface area contributed by atoms with E-state index in [0.717, 1.165) is 11.3 Å². The van der Waals surface area contributed by atoms with Gasteiger partial charge < -0.3 is 5.32 Å². The molecule has 2 rings (SSSR count). The number of carbonyl (C=O) groups excluding carboxylic acids is 2. The topological polar surface area (TPSA) is 82.9 Å². The number of hydrogen-bond donors (Lipinski definition) is 1. The second kappa shape index (κ2) is 8.37. The molecule has 124 valence electrons. The second-order valence-corrected chi connectivity index (χ2v) is 6.51. The number of nitrogens with one attached hydrogen (secondary N) is 1. The van der Waals surface area contributed by atoms with Crippen LogP contribution in [-0.2, 0) is 16.0 Å². The van der Waals surface area contributed by atoms with Crippen LogP contribution in [0.3, 0.4) is 0 Å². The van der Waals surface area contributed by atoms with Crippen molar-refractivity contribution in [2.75, 3.05) is 6.54 Å². The van der Waals surface area contributed by atoms with Crippen molar-refractivity contribution in [3.05, 3.63) is 51.5 Å². The predicted octanol–water partition coefficient (Wildman–Crippen LogP) is 2.69. The van der Waals surface area contributed by atoms with E-state index >= 15 is 0 Å². The lowest BCUT2D eigenvalue weighted by Crippen LogP contribution is -2.32. The van der Waals surface area contributed by atoms with Gasteiger partial charge in [0.05, 0.1) is 12.6 Å². The highest BCUT2D eigenvalue weighted by molar-refractivity contribution is 7.09. The van der Waals surface area contributed by atoms with Crippen LogP contribution in [0.1, 0.15) is 34.2 Å². The minimum Gasteiger partial charge on any atom is -0.349 e. The number of nitriles is 1. The Morgan fingerprint density at radius 2 is 2.00 bits per heavy atom.